The first-order chi connectivity index (χ1) is 8.00. The van der Waals surface area contributed by atoms with Gasteiger partial charge in [-0.05, 0) is 45.2 Å². The Bertz CT molecular complexity index is 359. The van der Waals surface area contributed by atoms with Gasteiger partial charge in [0.25, 0.3) is 0 Å². The Hall–Kier alpha value is -1.55. The zero-order valence-electron chi connectivity index (χ0n) is 10.5. The topological polar surface area (TPSA) is 49.8 Å². The normalized spacial score (nSPS) is 10.9. The number of carboxylic acid groups (broad SMARTS) is 1. The second-order valence-electron chi connectivity index (χ2n) is 4.25. The molecule has 0 aliphatic rings. The molecular weight excluding hydrogens is 218 g/mol. The van der Waals surface area contributed by atoms with Crippen molar-refractivity contribution in [1.29, 1.82) is 0 Å². The fraction of sp³-hybridized carbons (Fsp3) is 0.462. The molecule has 17 heavy (non-hydrogen) atoms. The number of carbonyl (C=O) groups is 1. The van der Waals surface area contributed by atoms with Gasteiger partial charge in [0.05, 0.1) is 5.56 Å². The molecular formula is C13H19NO3. The van der Waals surface area contributed by atoms with Gasteiger partial charge in [-0.1, -0.05) is 0 Å². The molecule has 0 bridgehead atoms. The Balaban J connectivity index is 2.40. The molecule has 0 saturated carbocycles. The van der Waals surface area contributed by atoms with Crippen LogP contribution in [0.2, 0.25) is 0 Å². The van der Waals surface area contributed by atoms with Crippen LogP contribution < -0.4 is 4.74 Å². The molecule has 4 nitrogen and oxygen atoms in total. The van der Waals surface area contributed by atoms with Crippen molar-refractivity contribution >= 4 is 5.97 Å². The zero-order chi connectivity index (χ0) is 12.8. The minimum Gasteiger partial charge on any atom is -0.492 e. The largest absolute Gasteiger partial charge is 0.492 e. The van der Waals surface area contributed by atoms with Crippen LogP contribution in [0.1, 0.15) is 24.2 Å². The highest BCUT2D eigenvalue weighted by molar-refractivity contribution is 5.87. The van der Waals surface area contributed by atoms with Crippen molar-refractivity contribution in [1.82, 2.24) is 4.90 Å². The Labute approximate surface area is 102 Å². The van der Waals surface area contributed by atoms with Crippen LogP contribution in [0, 0.1) is 0 Å². The van der Waals surface area contributed by atoms with E-state index < -0.39 is 5.97 Å². The summed E-state index contributed by atoms with van der Waals surface area (Å²) >= 11 is 0. The minimum atomic E-state index is -0.920. The number of rotatable bonds is 6. The van der Waals surface area contributed by atoms with Crippen LogP contribution in [0.5, 0.6) is 5.75 Å². The van der Waals surface area contributed by atoms with Gasteiger partial charge in [0.1, 0.15) is 12.4 Å². The number of hydrogen-bond acceptors (Lipinski definition) is 3. The highest BCUT2D eigenvalue weighted by Gasteiger charge is 2.04. The summed E-state index contributed by atoms with van der Waals surface area (Å²) in [6, 6.07) is 6.94. The van der Waals surface area contributed by atoms with E-state index in [4.69, 9.17) is 9.84 Å². The van der Waals surface area contributed by atoms with E-state index in [2.05, 4.69) is 18.7 Å². The first-order valence-corrected chi connectivity index (χ1v) is 5.67. The van der Waals surface area contributed by atoms with E-state index in [0.717, 1.165) is 6.54 Å². The molecule has 1 rings (SSSR count). The second-order valence-corrected chi connectivity index (χ2v) is 4.25. The van der Waals surface area contributed by atoms with Crippen molar-refractivity contribution in [3.05, 3.63) is 29.8 Å². The lowest BCUT2D eigenvalue weighted by molar-refractivity contribution is 0.0697. The second kappa shape index (κ2) is 6.25. The predicted molar refractivity (Wildman–Crippen MR) is 66.7 cm³/mol. The average Bonchev–Trinajstić information content (AvgIpc) is 2.29. The highest BCUT2D eigenvalue weighted by Crippen LogP contribution is 2.12. The van der Waals surface area contributed by atoms with Crippen LogP contribution in [0.4, 0.5) is 0 Å². The number of aromatic carboxylic acids is 1. The van der Waals surface area contributed by atoms with Crippen molar-refractivity contribution in [3.8, 4) is 5.75 Å². The Morgan fingerprint density at radius 1 is 1.35 bits per heavy atom. The Kier molecular flexibility index (Phi) is 4.97. The Morgan fingerprint density at radius 3 is 2.41 bits per heavy atom. The summed E-state index contributed by atoms with van der Waals surface area (Å²) in [4.78, 5) is 12.8. The monoisotopic (exact) mass is 237 g/mol. The highest BCUT2D eigenvalue weighted by atomic mass is 16.5. The smallest absolute Gasteiger partial charge is 0.335 e. The molecule has 0 amide bonds. The fourth-order valence-corrected chi connectivity index (χ4v) is 1.26. The summed E-state index contributed by atoms with van der Waals surface area (Å²) < 4.78 is 5.53. The van der Waals surface area contributed by atoms with Gasteiger partial charge in [-0.2, -0.15) is 0 Å². The third-order valence-electron chi connectivity index (χ3n) is 2.70. The lowest BCUT2D eigenvalue weighted by Crippen LogP contribution is -2.30. The molecule has 0 heterocycles. The number of carboxylic acids is 1. The number of ether oxygens (including phenoxy) is 1. The lowest BCUT2D eigenvalue weighted by Gasteiger charge is -2.20. The molecule has 0 aromatic heterocycles. The van der Waals surface area contributed by atoms with E-state index >= 15 is 0 Å². The van der Waals surface area contributed by atoms with Crippen molar-refractivity contribution in [2.24, 2.45) is 0 Å². The summed E-state index contributed by atoms with van der Waals surface area (Å²) in [5.74, 6) is -0.219. The molecule has 0 unspecified atom stereocenters. The summed E-state index contributed by atoms with van der Waals surface area (Å²) in [7, 11) is 2.04. The van der Waals surface area contributed by atoms with E-state index in [1.54, 1.807) is 24.3 Å². The first kappa shape index (κ1) is 13.5. The van der Waals surface area contributed by atoms with Gasteiger partial charge in [0.15, 0.2) is 0 Å². The minimum absolute atomic E-state index is 0.275. The number of benzene rings is 1. The molecule has 1 N–H and O–H groups in total. The number of hydrogen-bond donors (Lipinski definition) is 1. The lowest BCUT2D eigenvalue weighted by atomic mass is 10.2. The molecule has 0 radical (unpaired) electrons. The predicted octanol–water partition coefficient (Wildman–Crippen LogP) is 2.10. The fourth-order valence-electron chi connectivity index (χ4n) is 1.26. The maximum Gasteiger partial charge on any atom is 0.335 e. The van der Waals surface area contributed by atoms with Crippen LogP contribution in [0.25, 0.3) is 0 Å². The quantitative estimate of drug-likeness (QED) is 0.823. The number of likely N-dealkylation sites (N-methyl/N-ethyl adjacent to an activating group) is 1. The summed E-state index contributed by atoms with van der Waals surface area (Å²) in [6.45, 7) is 5.70. The van der Waals surface area contributed by atoms with Gasteiger partial charge < -0.3 is 14.7 Å². The average molecular weight is 237 g/mol. The summed E-state index contributed by atoms with van der Waals surface area (Å²) in [5, 5.41) is 8.74. The van der Waals surface area contributed by atoms with Crippen LogP contribution in [-0.4, -0.2) is 42.2 Å². The van der Waals surface area contributed by atoms with Crippen LogP contribution >= 0.6 is 0 Å². The Morgan fingerprint density at radius 2 is 1.94 bits per heavy atom. The van der Waals surface area contributed by atoms with Gasteiger partial charge in [-0.25, -0.2) is 4.79 Å². The van der Waals surface area contributed by atoms with Gasteiger partial charge in [0.2, 0.25) is 0 Å². The SMILES string of the molecule is CC(C)N(C)CCOc1ccc(C(=O)O)cc1. The maximum atomic E-state index is 10.6. The van der Waals surface area contributed by atoms with Crippen LogP contribution in [0.3, 0.4) is 0 Å². The number of nitrogens with zero attached hydrogens (tertiary/aromatic N) is 1. The molecule has 94 valence electrons. The van der Waals surface area contributed by atoms with Gasteiger partial charge in [0, 0.05) is 12.6 Å². The molecule has 0 aliphatic heterocycles. The molecule has 0 spiro atoms. The third kappa shape index (κ3) is 4.44. The van der Waals surface area contributed by atoms with Gasteiger partial charge in [-0.15, -0.1) is 0 Å². The van der Waals surface area contributed by atoms with E-state index in [1.807, 2.05) is 7.05 Å². The molecule has 0 atom stereocenters. The van der Waals surface area contributed by atoms with Gasteiger partial charge in [-0.3, -0.25) is 0 Å². The standard InChI is InChI=1S/C13H19NO3/c1-10(2)14(3)8-9-17-12-6-4-11(5-7-12)13(15)16/h4-7,10H,8-9H2,1-3H3,(H,15,16). The molecule has 0 saturated heterocycles. The van der Waals surface area contributed by atoms with E-state index in [1.165, 1.54) is 0 Å². The zero-order valence-corrected chi connectivity index (χ0v) is 10.5. The van der Waals surface area contributed by atoms with Crippen LogP contribution in [-0.2, 0) is 0 Å². The van der Waals surface area contributed by atoms with E-state index in [9.17, 15) is 4.79 Å². The molecule has 4 heteroatoms. The van der Waals surface area contributed by atoms with Crippen molar-refractivity contribution in [3.63, 3.8) is 0 Å². The van der Waals surface area contributed by atoms with Crippen molar-refractivity contribution in [2.45, 2.75) is 19.9 Å². The van der Waals surface area contributed by atoms with Crippen molar-refractivity contribution in [2.75, 3.05) is 20.2 Å². The molecule has 0 aliphatic carbocycles. The summed E-state index contributed by atoms with van der Waals surface area (Å²) in [5.41, 5.74) is 0.275. The van der Waals surface area contributed by atoms with E-state index in [-0.39, 0.29) is 5.56 Å². The van der Waals surface area contributed by atoms with Crippen LogP contribution in [0.15, 0.2) is 24.3 Å². The first-order valence-electron chi connectivity index (χ1n) is 5.67. The maximum absolute atomic E-state index is 10.6. The molecule has 1 aromatic carbocycles. The van der Waals surface area contributed by atoms with Gasteiger partial charge >= 0.3 is 5.97 Å². The van der Waals surface area contributed by atoms with E-state index in [0.29, 0.717) is 18.4 Å². The molecule has 0 fully saturated rings. The van der Waals surface area contributed by atoms with Crippen molar-refractivity contribution < 1.29 is 14.6 Å². The summed E-state index contributed by atoms with van der Waals surface area (Å²) in [6.07, 6.45) is 0. The molecule has 1 aromatic rings. The third-order valence-corrected chi connectivity index (χ3v) is 2.70.